The van der Waals surface area contributed by atoms with Crippen LogP contribution in [-0.4, -0.2) is 60.3 Å². The van der Waals surface area contributed by atoms with Crippen LogP contribution in [0.15, 0.2) is 42.2 Å². The van der Waals surface area contributed by atoms with Gasteiger partial charge in [-0.25, -0.2) is 5.84 Å². The number of para-hydroxylation sites is 1. The third-order valence-electron chi connectivity index (χ3n) is 4.04. The molecule has 7 heteroatoms. The first-order valence-corrected chi connectivity index (χ1v) is 8.26. The summed E-state index contributed by atoms with van der Waals surface area (Å²) >= 11 is 0. The molecular weight excluding hydrogens is 306 g/mol. The van der Waals surface area contributed by atoms with Gasteiger partial charge in [-0.05, 0) is 18.6 Å². The van der Waals surface area contributed by atoms with Crippen LogP contribution >= 0.6 is 0 Å². The molecule has 5 N–H and O–H groups in total. The van der Waals surface area contributed by atoms with Gasteiger partial charge in [0.2, 0.25) is 0 Å². The zero-order chi connectivity index (χ0) is 17.4. The maximum atomic E-state index is 10.5. The molecule has 1 aromatic rings. The number of nitrogens with two attached hydrogens (primary N) is 2. The Balaban J connectivity index is 1.72. The van der Waals surface area contributed by atoms with E-state index in [2.05, 4.69) is 34.1 Å². The summed E-state index contributed by atoms with van der Waals surface area (Å²) in [6, 6.07) is 10.4. The van der Waals surface area contributed by atoms with Gasteiger partial charge in [0, 0.05) is 63.3 Å². The number of hydrazine groups is 1. The summed E-state index contributed by atoms with van der Waals surface area (Å²) in [7, 11) is 0. The van der Waals surface area contributed by atoms with Crippen molar-refractivity contribution in [2.24, 2.45) is 11.6 Å². The quantitative estimate of drug-likeness (QED) is 0.474. The molecule has 2 rings (SSSR count). The Morgan fingerprint density at radius 1 is 1.21 bits per heavy atom. The van der Waals surface area contributed by atoms with Gasteiger partial charge in [0.15, 0.2) is 0 Å². The highest BCUT2D eigenvalue weighted by atomic mass is 16.4. The lowest BCUT2D eigenvalue weighted by Gasteiger charge is -2.36. The Labute approximate surface area is 143 Å². The minimum atomic E-state index is -0.809. The van der Waals surface area contributed by atoms with Crippen molar-refractivity contribution in [1.29, 1.82) is 0 Å². The van der Waals surface area contributed by atoms with Gasteiger partial charge >= 0.3 is 5.97 Å². The predicted molar refractivity (Wildman–Crippen MR) is 95.1 cm³/mol. The van der Waals surface area contributed by atoms with Gasteiger partial charge < -0.3 is 20.7 Å². The van der Waals surface area contributed by atoms with Crippen molar-refractivity contribution in [2.75, 3.05) is 44.2 Å². The Hall–Kier alpha value is -2.25. The number of nitrogens with zero attached hydrogens (tertiary/aromatic N) is 3. The van der Waals surface area contributed by atoms with Gasteiger partial charge in [-0.1, -0.05) is 18.2 Å². The molecule has 0 aromatic heterocycles. The summed E-state index contributed by atoms with van der Waals surface area (Å²) in [4.78, 5) is 15.2. The zero-order valence-electron chi connectivity index (χ0n) is 14.0. The molecule has 1 heterocycles. The molecule has 24 heavy (non-hydrogen) atoms. The highest BCUT2D eigenvalue weighted by molar-refractivity contribution is 5.66. The number of rotatable bonds is 8. The fraction of sp³-hybridized carbons (Fsp3) is 0.471. The smallest absolute Gasteiger partial charge is 0.303 e. The average Bonchev–Trinajstić information content (AvgIpc) is 2.56. The molecule has 7 nitrogen and oxygen atoms in total. The van der Waals surface area contributed by atoms with Crippen molar-refractivity contribution in [3.63, 3.8) is 0 Å². The van der Waals surface area contributed by atoms with Crippen LogP contribution in [0, 0.1) is 0 Å². The highest BCUT2D eigenvalue weighted by Crippen LogP contribution is 2.15. The summed E-state index contributed by atoms with van der Waals surface area (Å²) in [5.41, 5.74) is 8.00. The molecule has 1 aliphatic heterocycles. The van der Waals surface area contributed by atoms with E-state index in [0.717, 1.165) is 26.2 Å². The van der Waals surface area contributed by atoms with Crippen LogP contribution < -0.4 is 16.5 Å². The third-order valence-corrected chi connectivity index (χ3v) is 4.04. The second-order valence-electron chi connectivity index (χ2n) is 6.04. The van der Waals surface area contributed by atoms with Crippen molar-refractivity contribution in [1.82, 2.24) is 9.91 Å². The molecule has 1 aromatic carbocycles. The lowest BCUT2D eigenvalue weighted by molar-refractivity contribution is -0.137. The van der Waals surface area contributed by atoms with E-state index in [0.29, 0.717) is 25.2 Å². The number of hydrogen-bond acceptors (Lipinski definition) is 6. The number of benzene rings is 1. The molecule has 1 aliphatic rings. The Kier molecular flexibility index (Phi) is 6.89. The van der Waals surface area contributed by atoms with Gasteiger partial charge in [0.1, 0.15) is 0 Å². The van der Waals surface area contributed by atoms with E-state index in [-0.39, 0.29) is 6.42 Å². The summed E-state index contributed by atoms with van der Waals surface area (Å²) in [5.74, 6) is 5.01. The van der Waals surface area contributed by atoms with Crippen molar-refractivity contribution in [3.05, 3.63) is 42.2 Å². The monoisotopic (exact) mass is 333 g/mol. The van der Waals surface area contributed by atoms with Crippen LogP contribution in [0.4, 0.5) is 5.69 Å². The van der Waals surface area contributed by atoms with E-state index in [1.54, 1.807) is 6.20 Å². The fourth-order valence-electron chi connectivity index (χ4n) is 2.79. The number of carboxylic acid groups (broad SMARTS) is 1. The van der Waals surface area contributed by atoms with Crippen molar-refractivity contribution in [3.8, 4) is 0 Å². The van der Waals surface area contributed by atoms with Crippen LogP contribution in [0.5, 0.6) is 0 Å². The second-order valence-corrected chi connectivity index (χ2v) is 6.04. The minimum absolute atomic E-state index is 0.114. The minimum Gasteiger partial charge on any atom is -0.481 e. The largest absolute Gasteiger partial charge is 0.481 e. The third kappa shape index (κ3) is 6.10. The molecule has 0 amide bonds. The van der Waals surface area contributed by atoms with E-state index in [9.17, 15) is 4.79 Å². The van der Waals surface area contributed by atoms with Crippen molar-refractivity contribution >= 4 is 11.7 Å². The second kappa shape index (κ2) is 9.14. The van der Waals surface area contributed by atoms with Crippen molar-refractivity contribution < 1.29 is 9.90 Å². The van der Waals surface area contributed by atoms with E-state index in [4.69, 9.17) is 16.7 Å². The molecule has 1 saturated heterocycles. The van der Waals surface area contributed by atoms with Crippen LogP contribution in [0.2, 0.25) is 0 Å². The Bertz CT molecular complexity index is 541. The summed E-state index contributed by atoms with van der Waals surface area (Å²) < 4.78 is 0. The van der Waals surface area contributed by atoms with E-state index in [1.807, 2.05) is 6.07 Å². The highest BCUT2D eigenvalue weighted by Gasteiger charge is 2.17. The van der Waals surface area contributed by atoms with E-state index >= 15 is 0 Å². The first-order valence-electron chi connectivity index (χ1n) is 8.26. The van der Waals surface area contributed by atoms with Gasteiger partial charge in [-0.15, -0.1) is 0 Å². The standard InChI is InChI=1S/C17H27N5O2/c18-15(14-22(19)8-4-7-17(23)24)13-20-9-11-21(12-10-20)16-5-2-1-3-6-16/h1-3,5-6,14H,4,7-13,18-19H2,(H,23,24)/b15-14-. The summed E-state index contributed by atoms with van der Waals surface area (Å²) in [6.45, 7) is 5.01. The van der Waals surface area contributed by atoms with Crippen LogP contribution in [0.25, 0.3) is 0 Å². The molecule has 0 aliphatic carbocycles. The van der Waals surface area contributed by atoms with Gasteiger partial charge in [0.25, 0.3) is 0 Å². The van der Waals surface area contributed by atoms with Crippen molar-refractivity contribution in [2.45, 2.75) is 12.8 Å². The average molecular weight is 333 g/mol. The fourth-order valence-corrected chi connectivity index (χ4v) is 2.79. The Morgan fingerprint density at radius 2 is 1.88 bits per heavy atom. The summed E-state index contributed by atoms with van der Waals surface area (Å²) in [6.07, 6.45) is 2.32. The number of aliphatic carboxylic acids is 1. The first kappa shape index (κ1) is 18.1. The molecule has 1 fully saturated rings. The Morgan fingerprint density at radius 3 is 2.50 bits per heavy atom. The van der Waals surface area contributed by atoms with Gasteiger partial charge in [-0.3, -0.25) is 9.69 Å². The zero-order valence-corrected chi connectivity index (χ0v) is 14.0. The molecule has 0 atom stereocenters. The SMILES string of the molecule is N/C(=C\N(N)CCCC(=O)O)CN1CCN(c2ccccc2)CC1. The predicted octanol–water partition coefficient (Wildman–Crippen LogP) is 0.649. The molecular formula is C17H27N5O2. The molecule has 0 bridgehead atoms. The number of piperazine rings is 1. The van der Waals surface area contributed by atoms with Crippen LogP contribution in [0.3, 0.4) is 0 Å². The number of hydrogen-bond donors (Lipinski definition) is 3. The lowest BCUT2D eigenvalue weighted by Crippen LogP contribution is -2.47. The van der Waals surface area contributed by atoms with E-state index in [1.165, 1.54) is 10.7 Å². The first-order chi connectivity index (χ1) is 11.5. The van der Waals surface area contributed by atoms with Crippen LogP contribution in [-0.2, 0) is 4.79 Å². The maximum absolute atomic E-state index is 10.5. The van der Waals surface area contributed by atoms with Gasteiger partial charge in [0.05, 0.1) is 0 Å². The number of carboxylic acids is 1. The number of anilines is 1. The number of carbonyl (C=O) groups is 1. The maximum Gasteiger partial charge on any atom is 0.303 e. The molecule has 0 radical (unpaired) electrons. The van der Waals surface area contributed by atoms with E-state index < -0.39 is 5.97 Å². The van der Waals surface area contributed by atoms with Gasteiger partial charge in [-0.2, -0.15) is 0 Å². The lowest BCUT2D eigenvalue weighted by atomic mass is 10.2. The topological polar surface area (TPSA) is 99.1 Å². The molecule has 0 unspecified atom stereocenters. The molecule has 132 valence electrons. The molecule has 0 spiro atoms. The molecule has 0 saturated carbocycles. The summed E-state index contributed by atoms with van der Waals surface area (Å²) in [5, 5.41) is 10.1. The van der Waals surface area contributed by atoms with Crippen LogP contribution in [0.1, 0.15) is 12.8 Å². The normalized spacial score (nSPS) is 16.2.